The van der Waals surface area contributed by atoms with Crippen LogP contribution in [0.15, 0.2) is 35.9 Å². The number of nitriles is 1. The molecule has 0 N–H and O–H groups in total. The molecule has 0 saturated heterocycles. The van der Waals surface area contributed by atoms with Crippen molar-refractivity contribution in [1.82, 2.24) is 4.90 Å². The van der Waals surface area contributed by atoms with E-state index < -0.39 is 5.41 Å². The van der Waals surface area contributed by atoms with Crippen molar-refractivity contribution in [2.45, 2.75) is 39.0 Å². The molecule has 1 aromatic carbocycles. The Morgan fingerprint density at radius 3 is 2.63 bits per heavy atom. The number of hydrogen-bond donors (Lipinski definition) is 0. The minimum absolute atomic E-state index is 0.0324. The van der Waals surface area contributed by atoms with Crippen LogP contribution in [-0.4, -0.2) is 30.2 Å². The van der Waals surface area contributed by atoms with Crippen LogP contribution in [0.25, 0.3) is 0 Å². The first-order valence-corrected chi connectivity index (χ1v) is 9.40. The van der Waals surface area contributed by atoms with Gasteiger partial charge in [-0.1, -0.05) is 32.1 Å². The summed E-state index contributed by atoms with van der Waals surface area (Å²) in [6.07, 6.45) is 4.00. The molecule has 2 aliphatic carbocycles. The van der Waals surface area contributed by atoms with Crippen LogP contribution in [0, 0.1) is 34.4 Å². The van der Waals surface area contributed by atoms with Gasteiger partial charge in [-0.2, -0.15) is 5.26 Å². The van der Waals surface area contributed by atoms with Crippen LogP contribution < -0.4 is 0 Å². The molecule has 0 aromatic heterocycles. The number of hydrogen-bond acceptors (Lipinski definition) is 3. The number of ketones is 1. The van der Waals surface area contributed by atoms with E-state index in [1.807, 2.05) is 19.9 Å². The number of benzene rings is 1. The Kier molecular flexibility index (Phi) is 5.19. The lowest BCUT2D eigenvalue weighted by Crippen LogP contribution is -2.35. The minimum atomic E-state index is -0.531. The predicted molar refractivity (Wildman–Crippen MR) is 100 cm³/mol. The first kappa shape index (κ1) is 19.3. The van der Waals surface area contributed by atoms with E-state index in [0.717, 1.165) is 18.4 Å². The van der Waals surface area contributed by atoms with Crippen LogP contribution in [0.1, 0.15) is 44.6 Å². The molecule has 1 aromatic rings. The van der Waals surface area contributed by atoms with E-state index in [2.05, 4.69) is 0 Å². The number of halogens is 1. The van der Waals surface area contributed by atoms with Crippen LogP contribution in [0.4, 0.5) is 4.39 Å². The van der Waals surface area contributed by atoms with Crippen LogP contribution in [0.2, 0.25) is 0 Å². The van der Waals surface area contributed by atoms with Gasteiger partial charge in [-0.05, 0) is 48.8 Å². The summed E-state index contributed by atoms with van der Waals surface area (Å²) in [5.41, 5.74) is 0.720. The average Bonchev–Trinajstić information content (AvgIpc) is 3.42. The molecule has 3 atom stereocenters. The fourth-order valence-electron chi connectivity index (χ4n) is 4.06. The Hall–Kier alpha value is -2.48. The van der Waals surface area contributed by atoms with Gasteiger partial charge < -0.3 is 4.90 Å². The van der Waals surface area contributed by atoms with Crippen molar-refractivity contribution in [2.24, 2.45) is 17.3 Å². The van der Waals surface area contributed by atoms with Crippen molar-refractivity contribution in [3.8, 4) is 6.07 Å². The normalized spacial score (nSPS) is 26.1. The highest BCUT2D eigenvalue weighted by molar-refractivity contribution is 6.03. The molecule has 0 aliphatic heterocycles. The van der Waals surface area contributed by atoms with Gasteiger partial charge in [0.05, 0.1) is 5.57 Å². The minimum Gasteiger partial charge on any atom is -0.345 e. The van der Waals surface area contributed by atoms with Crippen LogP contribution in [-0.2, 0) is 9.59 Å². The highest BCUT2D eigenvalue weighted by atomic mass is 19.1. The first-order valence-electron chi connectivity index (χ1n) is 9.40. The van der Waals surface area contributed by atoms with E-state index in [1.165, 1.54) is 12.1 Å². The smallest absolute Gasteiger partial charge is 0.226 e. The molecule has 0 radical (unpaired) electrons. The summed E-state index contributed by atoms with van der Waals surface area (Å²) in [4.78, 5) is 26.6. The molecule has 5 heteroatoms. The molecule has 4 nitrogen and oxygen atoms in total. The number of amides is 1. The summed E-state index contributed by atoms with van der Waals surface area (Å²) < 4.78 is 13.0. The molecule has 1 saturated carbocycles. The maximum atomic E-state index is 13.0. The highest BCUT2D eigenvalue weighted by Gasteiger charge is 2.45. The van der Waals surface area contributed by atoms with E-state index >= 15 is 0 Å². The van der Waals surface area contributed by atoms with Gasteiger partial charge in [-0.15, -0.1) is 0 Å². The van der Waals surface area contributed by atoms with Gasteiger partial charge in [0.2, 0.25) is 5.91 Å². The van der Waals surface area contributed by atoms with Gasteiger partial charge in [-0.3, -0.25) is 9.59 Å². The molecular weight excluding hydrogens is 343 g/mol. The molecular formula is C22H25FN2O2. The van der Waals surface area contributed by atoms with Crippen molar-refractivity contribution in [1.29, 1.82) is 5.26 Å². The zero-order valence-electron chi connectivity index (χ0n) is 16.0. The summed E-state index contributed by atoms with van der Waals surface area (Å²) in [6.45, 7) is 4.34. The number of nitrogens with zero attached hydrogens (tertiary/aromatic N) is 2. The van der Waals surface area contributed by atoms with E-state index in [0.29, 0.717) is 13.0 Å². The second-order valence-corrected chi connectivity index (χ2v) is 8.42. The topological polar surface area (TPSA) is 61.2 Å². The molecule has 0 spiro atoms. The molecule has 3 rings (SSSR count). The lowest BCUT2D eigenvalue weighted by Gasteiger charge is -2.32. The third-order valence-electron chi connectivity index (χ3n) is 5.77. The van der Waals surface area contributed by atoms with E-state index in [4.69, 9.17) is 0 Å². The zero-order valence-corrected chi connectivity index (χ0v) is 16.0. The van der Waals surface area contributed by atoms with Crippen molar-refractivity contribution >= 4 is 11.7 Å². The fraction of sp³-hybridized carbons (Fsp3) is 0.500. The largest absolute Gasteiger partial charge is 0.345 e. The summed E-state index contributed by atoms with van der Waals surface area (Å²) in [5, 5.41) is 9.19. The van der Waals surface area contributed by atoms with Gasteiger partial charge >= 0.3 is 0 Å². The highest BCUT2D eigenvalue weighted by Crippen LogP contribution is 2.48. The van der Waals surface area contributed by atoms with E-state index in [-0.39, 0.29) is 40.8 Å². The van der Waals surface area contributed by atoms with Crippen molar-refractivity contribution in [3.05, 3.63) is 47.3 Å². The van der Waals surface area contributed by atoms with Gasteiger partial charge in [0, 0.05) is 24.9 Å². The lowest BCUT2D eigenvalue weighted by molar-refractivity contribution is -0.131. The number of carbonyl (C=O) groups is 2. The third-order valence-corrected chi connectivity index (χ3v) is 5.77. The standard InChI is InChI=1S/C22H25FN2O2/c1-22(2)12-14(10-16(13-24)20(22)26)8-9-25(3)21(27)19-11-18(19)15-4-6-17(23)7-5-15/h4-7,10,14,18-19H,8-9,11-12H2,1-3H3. The molecule has 2 aliphatic rings. The Labute approximate surface area is 159 Å². The SMILES string of the molecule is CN(CCC1C=C(C#N)C(=O)C(C)(C)C1)C(=O)C1CC1c1ccc(F)cc1. The molecule has 0 bridgehead atoms. The average molecular weight is 368 g/mol. The molecule has 1 fully saturated rings. The summed E-state index contributed by atoms with van der Waals surface area (Å²) in [5.74, 6) is 0.0189. The monoisotopic (exact) mass is 368 g/mol. The Balaban J connectivity index is 1.55. The Morgan fingerprint density at radius 1 is 1.33 bits per heavy atom. The molecule has 0 heterocycles. The van der Waals surface area contributed by atoms with E-state index in [9.17, 15) is 19.2 Å². The van der Waals surface area contributed by atoms with Crippen molar-refractivity contribution in [2.75, 3.05) is 13.6 Å². The number of allylic oxidation sites excluding steroid dienone is 2. The van der Waals surface area contributed by atoms with Crippen molar-refractivity contribution < 1.29 is 14.0 Å². The van der Waals surface area contributed by atoms with Gasteiger partial charge in [-0.25, -0.2) is 4.39 Å². The van der Waals surface area contributed by atoms with Crippen molar-refractivity contribution in [3.63, 3.8) is 0 Å². The van der Waals surface area contributed by atoms with Crippen LogP contribution in [0.5, 0.6) is 0 Å². The van der Waals surface area contributed by atoms with E-state index in [1.54, 1.807) is 30.2 Å². The fourth-order valence-corrected chi connectivity index (χ4v) is 4.06. The maximum absolute atomic E-state index is 13.0. The predicted octanol–water partition coefficient (Wildman–Crippen LogP) is 3.84. The number of Topliss-reactive ketones (excluding diaryl/α,β-unsaturated/α-hetero) is 1. The van der Waals surface area contributed by atoms with Crippen LogP contribution >= 0.6 is 0 Å². The van der Waals surface area contributed by atoms with Gasteiger partial charge in [0.25, 0.3) is 0 Å². The Morgan fingerprint density at radius 2 is 2.00 bits per heavy atom. The molecule has 3 unspecified atom stereocenters. The molecule has 27 heavy (non-hydrogen) atoms. The summed E-state index contributed by atoms with van der Waals surface area (Å²) in [6, 6.07) is 8.38. The quantitative estimate of drug-likeness (QED) is 0.793. The van der Waals surface area contributed by atoms with Gasteiger partial charge in [0.15, 0.2) is 5.78 Å². The van der Waals surface area contributed by atoms with Crippen LogP contribution in [0.3, 0.4) is 0 Å². The lowest BCUT2D eigenvalue weighted by atomic mass is 9.71. The molecule has 1 amide bonds. The third kappa shape index (κ3) is 4.10. The second-order valence-electron chi connectivity index (χ2n) is 8.42. The Bertz CT molecular complexity index is 820. The summed E-state index contributed by atoms with van der Waals surface area (Å²) >= 11 is 0. The number of carbonyl (C=O) groups excluding carboxylic acids is 2. The van der Waals surface area contributed by atoms with Gasteiger partial charge in [0.1, 0.15) is 11.9 Å². The maximum Gasteiger partial charge on any atom is 0.226 e. The zero-order chi connectivity index (χ0) is 19.8. The second kappa shape index (κ2) is 7.26. The number of rotatable bonds is 5. The summed E-state index contributed by atoms with van der Waals surface area (Å²) in [7, 11) is 1.80. The molecule has 142 valence electrons. The first-order chi connectivity index (χ1) is 12.7.